The number of aromatic amines is 1. The predicted molar refractivity (Wildman–Crippen MR) is 72.2 cm³/mol. The summed E-state index contributed by atoms with van der Waals surface area (Å²) in [6, 6.07) is 0. The minimum atomic E-state index is -3.55. The summed E-state index contributed by atoms with van der Waals surface area (Å²) in [7, 11) is -3.55. The lowest BCUT2D eigenvalue weighted by molar-refractivity contribution is 0.0690. The zero-order valence-corrected chi connectivity index (χ0v) is 12.0. The second kappa shape index (κ2) is 6.06. The van der Waals surface area contributed by atoms with Crippen LogP contribution in [0.3, 0.4) is 0 Å². The third-order valence-electron chi connectivity index (χ3n) is 2.77. The summed E-state index contributed by atoms with van der Waals surface area (Å²) in [4.78, 5) is 25.5. The molecule has 1 amide bonds. The predicted octanol–water partition coefficient (Wildman–Crippen LogP) is -0.262. The molecule has 0 aromatic carbocycles. The molecule has 1 aromatic rings. The first-order chi connectivity index (χ1) is 9.13. The molecule has 5 N–H and O–H groups in total. The van der Waals surface area contributed by atoms with Crippen LogP contribution in [0, 0.1) is 13.8 Å². The molecule has 0 bridgehead atoms. The average molecular weight is 303 g/mol. The Morgan fingerprint density at radius 2 is 1.95 bits per heavy atom. The first-order valence-electron chi connectivity index (χ1n) is 5.84. The van der Waals surface area contributed by atoms with Crippen LogP contribution in [-0.4, -0.2) is 42.7 Å². The number of rotatable bonds is 6. The summed E-state index contributed by atoms with van der Waals surface area (Å²) in [5.74, 6) is -1.81. The fraction of sp³-hybridized carbons (Fsp3) is 0.455. The van der Waals surface area contributed by atoms with Gasteiger partial charge in [-0.3, -0.25) is 4.79 Å². The van der Waals surface area contributed by atoms with Gasteiger partial charge >= 0.3 is 5.97 Å². The Labute approximate surface area is 116 Å². The number of carboxylic acid groups (broad SMARTS) is 1. The number of aryl methyl sites for hydroxylation is 1. The van der Waals surface area contributed by atoms with Crippen molar-refractivity contribution in [2.75, 3.05) is 12.3 Å². The van der Waals surface area contributed by atoms with Gasteiger partial charge in [-0.2, -0.15) is 0 Å². The molecule has 1 heterocycles. The number of carboxylic acids is 1. The van der Waals surface area contributed by atoms with E-state index < -0.39 is 21.9 Å². The van der Waals surface area contributed by atoms with E-state index in [1.54, 1.807) is 6.92 Å². The smallest absolute Gasteiger partial charge is 0.352 e. The molecular weight excluding hydrogens is 286 g/mol. The summed E-state index contributed by atoms with van der Waals surface area (Å²) < 4.78 is 21.5. The maximum absolute atomic E-state index is 11.9. The molecule has 9 heteroatoms. The van der Waals surface area contributed by atoms with Crippen molar-refractivity contribution < 1.29 is 23.1 Å². The highest BCUT2D eigenvalue weighted by Crippen LogP contribution is 2.17. The van der Waals surface area contributed by atoms with E-state index >= 15 is 0 Å². The molecule has 0 fully saturated rings. The summed E-state index contributed by atoms with van der Waals surface area (Å²) in [6.45, 7) is 3.27. The Bertz CT molecular complexity index is 633. The Hall–Kier alpha value is -1.87. The van der Waals surface area contributed by atoms with Crippen molar-refractivity contribution in [1.29, 1.82) is 0 Å². The van der Waals surface area contributed by atoms with Gasteiger partial charge < -0.3 is 15.4 Å². The summed E-state index contributed by atoms with van der Waals surface area (Å²) in [5.41, 5.74) is 1.03. The minimum Gasteiger partial charge on any atom is -0.477 e. The first kappa shape index (κ1) is 16.2. The normalized spacial score (nSPS) is 11.3. The van der Waals surface area contributed by atoms with Crippen LogP contribution in [0.15, 0.2) is 0 Å². The zero-order valence-electron chi connectivity index (χ0n) is 11.2. The third kappa shape index (κ3) is 4.07. The van der Waals surface area contributed by atoms with Crippen molar-refractivity contribution >= 4 is 21.9 Å². The topological polar surface area (TPSA) is 142 Å². The van der Waals surface area contributed by atoms with Gasteiger partial charge in [-0.05, 0) is 25.8 Å². The van der Waals surface area contributed by atoms with E-state index in [9.17, 15) is 18.0 Å². The van der Waals surface area contributed by atoms with E-state index in [0.717, 1.165) is 0 Å². The molecular formula is C11H17N3O5S. The van der Waals surface area contributed by atoms with Crippen LogP contribution in [-0.2, 0) is 10.0 Å². The van der Waals surface area contributed by atoms with Gasteiger partial charge in [0.15, 0.2) is 0 Å². The molecule has 0 aliphatic rings. The van der Waals surface area contributed by atoms with Gasteiger partial charge in [0.2, 0.25) is 10.0 Å². The number of sulfonamides is 1. The van der Waals surface area contributed by atoms with Crippen LogP contribution >= 0.6 is 0 Å². The third-order valence-corrected chi connectivity index (χ3v) is 3.63. The fourth-order valence-electron chi connectivity index (χ4n) is 1.87. The van der Waals surface area contributed by atoms with Crippen LogP contribution in [0.2, 0.25) is 0 Å². The largest absolute Gasteiger partial charge is 0.477 e. The van der Waals surface area contributed by atoms with E-state index in [1.807, 2.05) is 0 Å². The van der Waals surface area contributed by atoms with Crippen LogP contribution in [0.4, 0.5) is 0 Å². The number of amides is 1. The highest BCUT2D eigenvalue weighted by Gasteiger charge is 2.21. The van der Waals surface area contributed by atoms with E-state index in [2.05, 4.69) is 10.3 Å². The SMILES string of the molecule is Cc1[nH]c(C(=O)O)c(C)c1C(=O)NCCCS(N)(=O)=O. The monoisotopic (exact) mass is 303 g/mol. The van der Waals surface area contributed by atoms with E-state index in [4.69, 9.17) is 10.2 Å². The molecule has 0 saturated carbocycles. The molecule has 20 heavy (non-hydrogen) atoms. The van der Waals surface area contributed by atoms with Gasteiger partial charge in [0.05, 0.1) is 11.3 Å². The highest BCUT2D eigenvalue weighted by atomic mass is 32.2. The Morgan fingerprint density at radius 1 is 1.35 bits per heavy atom. The molecule has 0 spiro atoms. The second-order valence-electron chi connectivity index (χ2n) is 4.41. The fourth-order valence-corrected chi connectivity index (χ4v) is 2.41. The number of hydrogen-bond acceptors (Lipinski definition) is 4. The number of aromatic carboxylic acids is 1. The Kier molecular flexibility index (Phi) is 4.90. The number of carbonyl (C=O) groups is 2. The average Bonchev–Trinajstić information content (AvgIpc) is 2.59. The number of hydrogen-bond donors (Lipinski definition) is 4. The summed E-state index contributed by atoms with van der Waals surface area (Å²) in [5, 5.41) is 16.3. The minimum absolute atomic E-state index is 0.0304. The van der Waals surface area contributed by atoms with Crippen LogP contribution in [0.25, 0.3) is 0 Å². The molecule has 1 aromatic heterocycles. The molecule has 112 valence electrons. The van der Waals surface area contributed by atoms with Crippen LogP contribution in [0.5, 0.6) is 0 Å². The maximum atomic E-state index is 11.9. The molecule has 0 radical (unpaired) electrons. The molecule has 0 saturated heterocycles. The molecule has 0 atom stereocenters. The first-order valence-corrected chi connectivity index (χ1v) is 7.56. The highest BCUT2D eigenvalue weighted by molar-refractivity contribution is 7.89. The van der Waals surface area contributed by atoms with Crippen molar-refractivity contribution in [1.82, 2.24) is 10.3 Å². The molecule has 0 unspecified atom stereocenters. The quantitative estimate of drug-likeness (QED) is 0.535. The van der Waals surface area contributed by atoms with E-state index in [-0.39, 0.29) is 30.0 Å². The van der Waals surface area contributed by atoms with Crippen molar-refractivity contribution in [2.45, 2.75) is 20.3 Å². The zero-order chi connectivity index (χ0) is 15.5. The van der Waals surface area contributed by atoms with E-state index in [1.165, 1.54) is 6.92 Å². The maximum Gasteiger partial charge on any atom is 0.352 e. The molecule has 0 aliphatic carbocycles. The lowest BCUT2D eigenvalue weighted by atomic mass is 10.1. The molecule has 8 nitrogen and oxygen atoms in total. The van der Waals surface area contributed by atoms with Crippen LogP contribution in [0.1, 0.15) is 38.5 Å². The van der Waals surface area contributed by atoms with Gasteiger partial charge in [0, 0.05) is 12.2 Å². The number of primary sulfonamides is 1. The Morgan fingerprint density at radius 3 is 2.40 bits per heavy atom. The number of nitrogens with two attached hydrogens (primary N) is 1. The lowest BCUT2D eigenvalue weighted by Crippen LogP contribution is -2.28. The number of H-pyrrole nitrogens is 1. The van der Waals surface area contributed by atoms with Gasteiger partial charge in [-0.15, -0.1) is 0 Å². The summed E-state index contributed by atoms with van der Waals surface area (Å²) >= 11 is 0. The number of nitrogens with one attached hydrogen (secondary N) is 2. The van der Waals surface area contributed by atoms with Gasteiger partial charge in [-0.25, -0.2) is 18.4 Å². The van der Waals surface area contributed by atoms with Gasteiger partial charge in [-0.1, -0.05) is 0 Å². The molecule has 1 rings (SSSR count). The second-order valence-corrected chi connectivity index (χ2v) is 6.14. The summed E-state index contributed by atoms with van der Waals surface area (Å²) in [6.07, 6.45) is 0.193. The van der Waals surface area contributed by atoms with Crippen molar-refractivity contribution in [3.63, 3.8) is 0 Å². The van der Waals surface area contributed by atoms with Gasteiger partial charge in [0.25, 0.3) is 5.91 Å². The van der Waals surface area contributed by atoms with Crippen molar-refractivity contribution in [2.24, 2.45) is 5.14 Å². The van der Waals surface area contributed by atoms with Crippen molar-refractivity contribution in [3.8, 4) is 0 Å². The van der Waals surface area contributed by atoms with Crippen molar-refractivity contribution in [3.05, 3.63) is 22.5 Å². The standard InChI is InChI=1S/C11H17N3O5S/c1-6-8(7(2)14-9(6)11(16)17)10(15)13-4-3-5-20(12,18)19/h14H,3-5H2,1-2H3,(H,13,15)(H,16,17)(H2,12,18,19). The van der Waals surface area contributed by atoms with E-state index in [0.29, 0.717) is 11.3 Å². The molecule has 0 aliphatic heterocycles. The Balaban J connectivity index is 2.72. The number of carbonyl (C=O) groups excluding carboxylic acids is 1. The van der Waals surface area contributed by atoms with Gasteiger partial charge in [0.1, 0.15) is 5.69 Å². The van der Waals surface area contributed by atoms with Crippen LogP contribution < -0.4 is 10.5 Å². The lowest BCUT2D eigenvalue weighted by Gasteiger charge is -2.05. The number of aromatic nitrogens is 1.